The van der Waals surface area contributed by atoms with Gasteiger partial charge in [-0.2, -0.15) is 35.0 Å². The summed E-state index contributed by atoms with van der Waals surface area (Å²) in [6, 6.07) is 29.3. The van der Waals surface area contributed by atoms with Crippen LogP contribution < -0.4 is 24.8 Å². The smallest absolute Gasteiger partial charge is 0.0809 e. The van der Waals surface area contributed by atoms with Crippen molar-refractivity contribution in [2.24, 2.45) is 0 Å². The second-order valence-corrected chi connectivity index (χ2v) is 6.39. The number of benzene rings is 2. The molecule has 0 atom stereocenters. The molecule has 0 nitrogen and oxygen atoms in total. The Morgan fingerprint density at radius 2 is 1.12 bits per heavy atom. The van der Waals surface area contributed by atoms with Crippen molar-refractivity contribution in [2.75, 3.05) is 0 Å². The van der Waals surface area contributed by atoms with Crippen molar-refractivity contribution in [3.63, 3.8) is 0 Å². The number of halogens is 2. The third kappa shape index (κ3) is 7.38. The van der Waals surface area contributed by atoms with Gasteiger partial charge < -0.3 is 24.8 Å². The topological polar surface area (TPSA) is 0 Å². The van der Waals surface area contributed by atoms with Gasteiger partial charge in [0, 0.05) is 0 Å². The number of fused-ring (bicyclic) bond motifs is 2. The zero-order chi connectivity index (χ0) is 15.6. The van der Waals surface area contributed by atoms with Gasteiger partial charge >= 0.3 is 41.3 Å². The van der Waals surface area contributed by atoms with Gasteiger partial charge in [-0.3, -0.25) is 0 Å². The van der Waals surface area contributed by atoms with E-state index in [1.54, 1.807) is 0 Å². The molecule has 0 saturated heterocycles. The van der Waals surface area contributed by atoms with Gasteiger partial charge in [-0.25, -0.2) is 0 Å². The van der Waals surface area contributed by atoms with Gasteiger partial charge in [0.1, 0.15) is 0 Å². The molecule has 0 saturated carbocycles. The molecule has 4 aromatic carbocycles. The fraction of sp³-hybridized carbons (Fsp3) is 0.100. The van der Waals surface area contributed by atoms with Crippen molar-refractivity contribution >= 4 is 26.0 Å². The van der Waals surface area contributed by atoms with Crippen LogP contribution in [0.1, 0.15) is 6.92 Å². The maximum atomic E-state index is 2.26. The van der Waals surface area contributed by atoms with Crippen molar-refractivity contribution in [3.8, 4) is 0 Å². The van der Waals surface area contributed by atoms with Crippen LogP contribution >= 0.6 is 0 Å². The summed E-state index contributed by atoms with van der Waals surface area (Å²) < 4.78 is 2.26. The molecule has 0 spiro atoms. The van der Waals surface area contributed by atoms with Gasteiger partial charge in [-0.05, 0) is 0 Å². The summed E-state index contributed by atoms with van der Waals surface area (Å²) in [5, 5.41) is 5.32. The van der Waals surface area contributed by atoms with E-state index in [9.17, 15) is 0 Å². The third-order valence-electron chi connectivity index (χ3n) is 3.30. The molecule has 0 aromatic heterocycles. The van der Waals surface area contributed by atoms with Crippen LogP contribution in [-0.2, 0) is 23.6 Å². The van der Waals surface area contributed by atoms with Crippen LogP contribution in [0.15, 0.2) is 84.9 Å². The first-order valence-electron chi connectivity index (χ1n) is 7.55. The summed E-state index contributed by atoms with van der Waals surface area (Å²) in [6.45, 7) is 2.16. The summed E-state index contributed by atoms with van der Waals surface area (Å²) in [6.07, 6.45) is 1.26. The molecule has 0 bridgehead atoms. The Kier molecular flexibility index (Phi) is 13.0. The molecule has 0 aliphatic carbocycles. The number of hydrogen-bond acceptors (Lipinski definition) is 0. The minimum Gasteiger partial charge on any atom is -1.00 e. The summed E-state index contributed by atoms with van der Waals surface area (Å²) in [7, 11) is 0. The van der Waals surface area contributed by atoms with Gasteiger partial charge in [-0.15, -0.1) is 59.3 Å². The van der Waals surface area contributed by atoms with E-state index in [1.165, 1.54) is 51.5 Å². The fourth-order valence-corrected chi connectivity index (χ4v) is 2.14. The van der Waals surface area contributed by atoms with Crippen LogP contribution in [0, 0.1) is 0 Å². The SMILES string of the molecule is CC[B]=[Hf+2].[Cl-].[Cl-].c1ccc2[cH-]ccc2c1.c1ccc2[cH-]ccc2c1. The Morgan fingerprint density at radius 3 is 1.46 bits per heavy atom. The minimum absolute atomic E-state index is 0. The molecule has 0 unspecified atom stereocenters. The second-order valence-electron chi connectivity index (χ2n) is 4.92. The van der Waals surface area contributed by atoms with E-state index in [-0.39, 0.29) is 24.8 Å². The van der Waals surface area contributed by atoms with Crippen LogP contribution in [0.5, 0.6) is 0 Å². The molecule has 4 rings (SSSR count). The maximum Gasteiger partial charge on any atom is -0.0809 e. The van der Waals surface area contributed by atoms with Crippen LogP contribution in [0.25, 0.3) is 21.5 Å². The molecule has 0 fully saturated rings. The van der Waals surface area contributed by atoms with Crippen LogP contribution in [0.2, 0.25) is 6.32 Å². The summed E-state index contributed by atoms with van der Waals surface area (Å²) in [5.74, 6) is 0. The summed E-state index contributed by atoms with van der Waals surface area (Å²) in [4.78, 5) is 0. The predicted molar refractivity (Wildman–Crippen MR) is 95.3 cm³/mol. The Balaban J connectivity index is 0.000000341. The standard InChI is InChI=1S/2C9H7.C2H5B.2ClH.Hf/c2*1-2-5-9-7-3-6-8(9)4-1;1-2-3;;;/h2*1-7H;2H2,1H3;2*1H;/q2*-1;;;;+2/p-2. The molecule has 24 heavy (non-hydrogen) atoms. The molecule has 0 aliphatic rings. The quantitative estimate of drug-likeness (QED) is 0.240. The minimum atomic E-state index is 0. The summed E-state index contributed by atoms with van der Waals surface area (Å²) in [5.41, 5.74) is 0. The normalized spacial score (nSPS) is 8.62. The van der Waals surface area contributed by atoms with Gasteiger partial charge in [0.2, 0.25) is 0 Å². The molecule has 0 amide bonds. The van der Waals surface area contributed by atoms with Crippen LogP contribution in [0.4, 0.5) is 0 Å². The second kappa shape index (κ2) is 13.5. The molecule has 0 heterocycles. The van der Waals surface area contributed by atoms with E-state index in [1.807, 2.05) is 0 Å². The average molecular weight is 520 g/mol. The Morgan fingerprint density at radius 1 is 0.750 bits per heavy atom. The van der Waals surface area contributed by atoms with E-state index in [0.717, 1.165) is 0 Å². The van der Waals surface area contributed by atoms with Gasteiger partial charge in [0.05, 0.1) is 0 Å². The van der Waals surface area contributed by atoms with E-state index in [4.69, 9.17) is 0 Å². The Labute approximate surface area is 171 Å². The monoisotopic (exact) mass is 520 g/mol. The average Bonchev–Trinajstić information content (AvgIpc) is 3.24. The molecule has 4 aromatic rings. The summed E-state index contributed by atoms with van der Waals surface area (Å²) >= 11 is 1.26. The van der Waals surface area contributed by atoms with Gasteiger partial charge in [0.15, 0.2) is 0 Å². The van der Waals surface area contributed by atoms with Gasteiger partial charge in [-0.1, -0.05) is 12.1 Å². The molecular formula is C20H19BCl2Hf-2. The van der Waals surface area contributed by atoms with Crippen LogP contribution in [-0.4, -0.2) is 4.43 Å². The molecule has 122 valence electrons. The zero-order valence-corrected chi connectivity index (χ0v) is 18.7. The zero-order valence-electron chi connectivity index (χ0n) is 13.6. The Hall–Kier alpha value is -0.825. The van der Waals surface area contributed by atoms with E-state index in [2.05, 4.69) is 96.3 Å². The molecule has 0 radical (unpaired) electrons. The number of hydrogen-bond donors (Lipinski definition) is 0. The van der Waals surface area contributed by atoms with Gasteiger partial charge in [0.25, 0.3) is 0 Å². The van der Waals surface area contributed by atoms with Crippen LogP contribution in [0.3, 0.4) is 0 Å². The molecular weight excluding hydrogens is 500 g/mol. The molecule has 0 aliphatic heterocycles. The Bertz CT molecular complexity index is 694. The number of rotatable bonds is 1. The maximum absolute atomic E-state index is 2.26. The largest absolute Gasteiger partial charge is 1.00 e. The molecule has 0 N–H and O–H groups in total. The third-order valence-corrected chi connectivity index (χ3v) is 4.77. The first kappa shape index (κ1) is 23.2. The van der Waals surface area contributed by atoms with Crippen molar-refractivity contribution in [1.82, 2.24) is 0 Å². The van der Waals surface area contributed by atoms with E-state index < -0.39 is 0 Å². The predicted octanol–water partition coefficient (Wildman–Crippen LogP) is -0.284. The molecule has 4 heteroatoms. The van der Waals surface area contributed by atoms with Crippen molar-refractivity contribution in [3.05, 3.63) is 84.9 Å². The first-order chi connectivity index (χ1) is 10.8. The van der Waals surface area contributed by atoms with Crippen molar-refractivity contribution in [1.29, 1.82) is 0 Å². The first-order valence-corrected chi connectivity index (χ1v) is 9.62. The fourth-order valence-electron chi connectivity index (χ4n) is 2.14. The van der Waals surface area contributed by atoms with E-state index in [0.29, 0.717) is 0 Å². The van der Waals surface area contributed by atoms with E-state index >= 15 is 0 Å². The van der Waals surface area contributed by atoms with Crippen molar-refractivity contribution in [2.45, 2.75) is 13.2 Å². The van der Waals surface area contributed by atoms with Crippen molar-refractivity contribution < 1.29 is 48.5 Å².